The molecule has 9 heteroatoms. The van der Waals surface area contributed by atoms with Crippen LogP contribution in [0, 0.1) is 6.92 Å². The molecule has 0 radical (unpaired) electrons. The Balaban J connectivity index is 0. The Kier molecular flexibility index (Phi) is 24.3. The number of thioether (sulfide) groups is 4. The van der Waals surface area contributed by atoms with E-state index in [1.807, 2.05) is 74.4 Å². The van der Waals surface area contributed by atoms with Gasteiger partial charge in [0.25, 0.3) is 0 Å². The van der Waals surface area contributed by atoms with Crippen molar-refractivity contribution in [2.45, 2.75) is 13.8 Å². The van der Waals surface area contributed by atoms with Crippen LogP contribution in [-0.2, 0) is 4.74 Å². The molecule has 2 aromatic rings. The number of thiocarbonyl (C=S) groups is 4. The van der Waals surface area contributed by atoms with Gasteiger partial charge in [0.2, 0.25) is 4.38 Å². The van der Waals surface area contributed by atoms with Crippen molar-refractivity contribution in [1.29, 1.82) is 0 Å². The SMILES string of the molecule is COC(=S)SC.CSC(=S)c1cccc(C)c1.CSC(=S)c1ccccc1.CSC(C)=S. The van der Waals surface area contributed by atoms with Crippen LogP contribution < -0.4 is 0 Å². The number of rotatable bonds is 2. The predicted octanol–water partition coefficient (Wildman–Crippen LogP) is 8.74. The van der Waals surface area contributed by atoms with Gasteiger partial charge in [-0.1, -0.05) is 109 Å². The Hall–Kier alpha value is -0.000000000000000194. The van der Waals surface area contributed by atoms with Crippen molar-refractivity contribution in [2.75, 3.05) is 32.1 Å². The first kappa shape index (κ1) is 34.2. The van der Waals surface area contributed by atoms with Gasteiger partial charge in [-0.05, 0) is 62.2 Å². The molecule has 0 aromatic heterocycles. The maximum Gasteiger partial charge on any atom is 0.219 e. The second-order valence-electron chi connectivity index (χ2n) is 5.57. The summed E-state index contributed by atoms with van der Waals surface area (Å²) < 4.78 is 8.12. The minimum Gasteiger partial charge on any atom is -0.482 e. The highest BCUT2D eigenvalue weighted by atomic mass is 32.2. The molecule has 0 aliphatic heterocycles. The summed E-state index contributed by atoms with van der Waals surface area (Å²) in [6.07, 6.45) is 7.86. The molecule has 1 nitrogen and oxygen atoms in total. The molecule has 32 heavy (non-hydrogen) atoms. The van der Waals surface area contributed by atoms with E-state index in [4.69, 9.17) is 24.4 Å². The Bertz CT molecular complexity index is 816. The Morgan fingerprint density at radius 1 is 0.688 bits per heavy atom. The lowest BCUT2D eigenvalue weighted by Gasteiger charge is -1.99. The molecule has 0 N–H and O–H groups in total. The Labute approximate surface area is 233 Å². The van der Waals surface area contributed by atoms with Crippen molar-refractivity contribution in [3.63, 3.8) is 0 Å². The molecule has 0 unspecified atom stereocenters. The number of hydrogen-bond acceptors (Lipinski definition) is 9. The summed E-state index contributed by atoms with van der Waals surface area (Å²) in [5.74, 6) is 0. The van der Waals surface area contributed by atoms with Gasteiger partial charge >= 0.3 is 0 Å². The van der Waals surface area contributed by atoms with Crippen LogP contribution in [0.4, 0.5) is 0 Å². The summed E-state index contributed by atoms with van der Waals surface area (Å²) in [6.45, 7) is 3.99. The zero-order chi connectivity index (χ0) is 24.9. The highest BCUT2D eigenvalue weighted by molar-refractivity contribution is 8.24. The lowest BCUT2D eigenvalue weighted by atomic mass is 10.2. The maximum atomic E-state index is 5.14. The van der Waals surface area contributed by atoms with Crippen LogP contribution in [0.15, 0.2) is 54.6 Å². The molecular weight excluding hydrogens is 549 g/mol. The number of aryl methyl sites for hydroxylation is 1. The van der Waals surface area contributed by atoms with Crippen LogP contribution in [0.1, 0.15) is 23.6 Å². The van der Waals surface area contributed by atoms with Gasteiger partial charge in [0.1, 0.15) is 0 Å². The monoisotopic (exact) mass is 578 g/mol. The van der Waals surface area contributed by atoms with Crippen LogP contribution in [0.25, 0.3) is 0 Å². The fourth-order valence-electron chi connectivity index (χ4n) is 1.67. The third-order valence-electron chi connectivity index (χ3n) is 3.25. The molecule has 176 valence electrons. The van der Waals surface area contributed by atoms with E-state index in [2.05, 4.69) is 48.2 Å². The smallest absolute Gasteiger partial charge is 0.219 e. The average Bonchev–Trinajstić information content (AvgIpc) is 2.84. The van der Waals surface area contributed by atoms with Crippen LogP contribution in [0.2, 0.25) is 0 Å². The van der Waals surface area contributed by atoms with Crippen molar-refractivity contribution < 1.29 is 4.74 Å². The topological polar surface area (TPSA) is 9.23 Å². The first-order valence-electron chi connectivity index (χ1n) is 9.11. The Morgan fingerprint density at radius 3 is 1.50 bits per heavy atom. The van der Waals surface area contributed by atoms with E-state index in [0.717, 1.165) is 23.7 Å². The van der Waals surface area contributed by atoms with Crippen LogP contribution >= 0.6 is 95.9 Å². The number of ether oxygens (including phenoxy) is 1. The summed E-state index contributed by atoms with van der Waals surface area (Å²) in [6, 6.07) is 18.3. The lowest BCUT2D eigenvalue weighted by Crippen LogP contribution is -1.89. The molecule has 0 aliphatic rings. The zero-order valence-electron chi connectivity index (χ0n) is 19.4. The van der Waals surface area contributed by atoms with Crippen LogP contribution in [-0.4, -0.2) is 49.1 Å². The molecular formula is C23H30OS8. The summed E-state index contributed by atoms with van der Waals surface area (Å²) in [4.78, 5) is 0. The molecule has 0 atom stereocenters. The predicted molar refractivity (Wildman–Crippen MR) is 173 cm³/mol. The van der Waals surface area contributed by atoms with Crippen LogP contribution in [0.5, 0.6) is 0 Å². The normalized spacial score (nSPS) is 8.84. The van der Waals surface area contributed by atoms with Gasteiger partial charge < -0.3 is 4.74 Å². The van der Waals surface area contributed by atoms with Gasteiger partial charge in [0.05, 0.1) is 15.5 Å². The molecule has 0 spiro atoms. The second-order valence-corrected chi connectivity index (χ2v) is 11.8. The molecule has 2 aromatic carbocycles. The van der Waals surface area contributed by atoms with E-state index in [9.17, 15) is 0 Å². The lowest BCUT2D eigenvalue weighted by molar-refractivity contribution is 0.426. The summed E-state index contributed by atoms with van der Waals surface area (Å²) in [5.41, 5.74) is 3.57. The Morgan fingerprint density at radius 2 is 1.16 bits per heavy atom. The van der Waals surface area contributed by atoms with E-state index in [-0.39, 0.29) is 0 Å². The molecule has 0 saturated carbocycles. The molecule has 0 aliphatic carbocycles. The summed E-state index contributed by atoms with van der Waals surface area (Å²) in [5, 5.41) is 0. The van der Waals surface area contributed by atoms with Gasteiger partial charge in [-0.15, -0.1) is 35.3 Å². The first-order valence-corrected chi connectivity index (χ1v) is 15.6. The summed E-state index contributed by atoms with van der Waals surface area (Å²) in [7, 11) is 1.57. The van der Waals surface area contributed by atoms with Crippen molar-refractivity contribution >= 4 is 113 Å². The third kappa shape index (κ3) is 19.5. The van der Waals surface area contributed by atoms with Crippen molar-refractivity contribution in [2.24, 2.45) is 0 Å². The van der Waals surface area contributed by atoms with Gasteiger partial charge in [-0.3, -0.25) is 0 Å². The highest BCUT2D eigenvalue weighted by Gasteiger charge is 1.97. The van der Waals surface area contributed by atoms with E-state index in [0.29, 0.717) is 4.38 Å². The van der Waals surface area contributed by atoms with Crippen molar-refractivity contribution in [3.05, 3.63) is 71.3 Å². The maximum absolute atomic E-state index is 5.14. The minimum absolute atomic E-state index is 0.593. The molecule has 0 fully saturated rings. The number of methoxy groups -OCH3 is 1. The standard InChI is InChI=1S/C9H10S2.C8H8S2.C3H6OS2.C3H6S2/c1-7-4-3-5-8(6-7)9(10)11-2;1-10-8(9)7-5-3-2-4-6-7;1-4-3(5)6-2;1-3(4)5-2/h3-6H,1-2H3;2-6H,1H3;1-2H3;1-2H3. The molecule has 0 heterocycles. The van der Waals surface area contributed by atoms with Crippen molar-refractivity contribution in [3.8, 4) is 0 Å². The minimum atomic E-state index is 0.593. The molecule has 2 rings (SSSR count). The fraction of sp³-hybridized carbons (Fsp3) is 0.304. The third-order valence-corrected chi connectivity index (χ3v) is 8.18. The van der Waals surface area contributed by atoms with Gasteiger partial charge in [-0.25, -0.2) is 0 Å². The second kappa shape index (κ2) is 22.8. The number of hydrogen-bond donors (Lipinski definition) is 0. The molecule has 0 bridgehead atoms. The highest BCUT2D eigenvalue weighted by Crippen LogP contribution is 2.12. The quantitative estimate of drug-likeness (QED) is 0.321. The summed E-state index contributed by atoms with van der Waals surface area (Å²) >= 11 is 25.8. The fourth-order valence-corrected chi connectivity index (χ4v) is 2.83. The molecule has 0 amide bonds. The first-order chi connectivity index (χ1) is 15.2. The van der Waals surface area contributed by atoms with Gasteiger partial charge in [0, 0.05) is 4.20 Å². The average molecular weight is 579 g/mol. The van der Waals surface area contributed by atoms with E-state index >= 15 is 0 Å². The van der Waals surface area contributed by atoms with Crippen molar-refractivity contribution in [1.82, 2.24) is 0 Å². The van der Waals surface area contributed by atoms with E-state index in [1.165, 1.54) is 17.3 Å². The number of benzene rings is 2. The van der Waals surface area contributed by atoms with Gasteiger partial charge in [0.15, 0.2) is 0 Å². The van der Waals surface area contributed by atoms with E-state index in [1.54, 1.807) is 42.4 Å². The van der Waals surface area contributed by atoms with E-state index < -0.39 is 0 Å². The van der Waals surface area contributed by atoms with Crippen LogP contribution in [0.3, 0.4) is 0 Å². The molecule has 0 saturated heterocycles. The van der Waals surface area contributed by atoms with Gasteiger partial charge in [-0.2, -0.15) is 0 Å². The largest absolute Gasteiger partial charge is 0.482 e. The zero-order valence-corrected chi connectivity index (χ0v) is 25.9.